The highest BCUT2D eigenvalue weighted by Crippen LogP contribution is 2.42. The lowest BCUT2D eigenvalue weighted by atomic mass is 10.0. The van der Waals surface area contributed by atoms with Crippen LogP contribution in [-0.4, -0.2) is 49.5 Å². The van der Waals surface area contributed by atoms with Crippen LogP contribution in [0.2, 0.25) is 0 Å². The molecule has 0 aliphatic carbocycles. The van der Waals surface area contributed by atoms with Gasteiger partial charge in [0.15, 0.2) is 5.82 Å². The van der Waals surface area contributed by atoms with Crippen molar-refractivity contribution < 1.29 is 9.53 Å². The molecular weight excluding hydrogens is 416 g/mol. The van der Waals surface area contributed by atoms with Gasteiger partial charge in [-0.2, -0.15) is 5.26 Å². The van der Waals surface area contributed by atoms with Crippen LogP contribution in [-0.2, 0) is 11.3 Å². The molecule has 1 unspecified atom stereocenters. The van der Waals surface area contributed by atoms with Crippen LogP contribution in [0.15, 0.2) is 36.5 Å². The van der Waals surface area contributed by atoms with Crippen LogP contribution in [0.5, 0.6) is 0 Å². The number of nitrogens with zero attached hydrogens (tertiary/aromatic N) is 5. The molecule has 2 aromatic rings. The summed E-state index contributed by atoms with van der Waals surface area (Å²) in [4.78, 5) is 23.7. The first-order valence-electron chi connectivity index (χ1n) is 11.4. The molecule has 1 saturated heterocycles. The topological polar surface area (TPSA) is 84.7 Å². The number of alkyl carbamates (subject to hydrolysis) is 1. The summed E-state index contributed by atoms with van der Waals surface area (Å²) < 4.78 is 5.45. The minimum absolute atomic E-state index is 0.0179. The summed E-state index contributed by atoms with van der Waals surface area (Å²) in [6, 6.07) is 12.1. The van der Waals surface area contributed by atoms with Crippen LogP contribution in [0.1, 0.15) is 44.7 Å². The molecule has 0 spiro atoms. The number of hydrogen-bond acceptors (Lipinski definition) is 7. The fourth-order valence-electron chi connectivity index (χ4n) is 4.55. The van der Waals surface area contributed by atoms with E-state index in [4.69, 9.17) is 4.74 Å². The average molecular weight is 449 g/mol. The molecule has 1 atom stereocenters. The Hall–Kier alpha value is -3.47. The number of carbonyl (C=O) groups excluding carboxylic acids is 1. The number of aromatic nitrogens is 1. The minimum atomic E-state index is -0.519. The zero-order valence-corrected chi connectivity index (χ0v) is 19.8. The van der Waals surface area contributed by atoms with E-state index in [1.165, 1.54) is 0 Å². The van der Waals surface area contributed by atoms with E-state index < -0.39 is 5.60 Å². The molecule has 1 fully saturated rings. The number of benzene rings is 1. The predicted octanol–water partition coefficient (Wildman–Crippen LogP) is 3.86. The van der Waals surface area contributed by atoms with Gasteiger partial charge in [-0.3, -0.25) is 0 Å². The Morgan fingerprint density at radius 2 is 2.09 bits per heavy atom. The number of rotatable bonds is 4. The number of nitriles is 1. The van der Waals surface area contributed by atoms with Crippen molar-refractivity contribution in [1.29, 1.82) is 5.26 Å². The Balaban J connectivity index is 1.56. The molecule has 0 radical (unpaired) electrons. The van der Waals surface area contributed by atoms with Crippen molar-refractivity contribution >= 4 is 23.3 Å². The number of amides is 1. The molecule has 8 nitrogen and oxygen atoms in total. The van der Waals surface area contributed by atoms with Crippen LogP contribution in [0, 0.1) is 11.3 Å². The molecule has 1 N–H and O–H groups in total. The summed E-state index contributed by atoms with van der Waals surface area (Å²) in [6.45, 7) is 8.57. The third-order valence-corrected chi connectivity index (χ3v) is 5.93. The summed E-state index contributed by atoms with van der Waals surface area (Å²) in [5.74, 6) is 0.934. The average Bonchev–Trinajstić information content (AvgIpc) is 3.08. The maximum atomic E-state index is 12.3. The van der Waals surface area contributed by atoms with Gasteiger partial charge in [0.1, 0.15) is 11.3 Å². The van der Waals surface area contributed by atoms with Crippen LogP contribution >= 0.6 is 0 Å². The molecule has 1 aromatic carbocycles. The van der Waals surface area contributed by atoms with Crippen molar-refractivity contribution in [3.8, 4) is 6.07 Å². The van der Waals surface area contributed by atoms with Crippen molar-refractivity contribution in [1.82, 2.24) is 10.3 Å². The van der Waals surface area contributed by atoms with Crippen LogP contribution < -0.4 is 20.0 Å². The third kappa shape index (κ3) is 5.14. The molecule has 8 heteroatoms. The van der Waals surface area contributed by atoms with Crippen molar-refractivity contribution in [2.75, 3.05) is 41.5 Å². The van der Waals surface area contributed by atoms with Gasteiger partial charge in [-0.15, -0.1) is 0 Å². The molecule has 4 rings (SSSR count). The van der Waals surface area contributed by atoms with Gasteiger partial charge in [0.2, 0.25) is 0 Å². The van der Waals surface area contributed by atoms with Gasteiger partial charge in [-0.05, 0) is 51.3 Å². The van der Waals surface area contributed by atoms with Crippen LogP contribution in [0.4, 0.5) is 22.0 Å². The molecule has 33 heavy (non-hydrogen) atoms. The van der Waals surface area contributed by atoms with E-state index in [1.54, 1.807) is 0 Å². The summed E-state index contributed by atoms with van der Waals surface area (Å²) in [5.41, 5.74) is 3.35. The van der Waals surface area contributed by atoms with E-state index in [2.05, 4.69) is 37.1 Å². The van der Waals surface area contributed by atoms with Gasteiger partial charge in [-0.25, -0.2) is 9.78 Å². The lowest BCUT2D eigenvalue weighted by Crippen LogP contribution is -2.49. The number of fused-ring (bicyclic) bond motifs is 1. The first-order valence-corrected chi connectivity index (χ1v) is 11.4. The maximum absolute atomic E-state index is 12.3. The van der Waals surface area contributed by atoms with Gasteiger partial charge < -0.3 is 24.8 Å². The van der Waals surface area contributed by atoms with Gasteiger partial charge in [0.25, 0.3) is 0 Å². The highest BCUT2D eigenvalue weighted by molar-refractivity contribution is 5.85. The van der Waals surface area contributed by atoms with Crippen molar-refractivity contribution in [2.45, 2.75) is 51.8 Å². The number of nitrogens with one attached hydrogen (secondary N) is 1. The fourth-order valence-corrected chi connectivity index (χ4v) is 4.55. The molecule has 1 aromatic heterocycles. The molecule has 2 aliphatic heterocycles. The fraction of sp³-hybridized carbons (Fsp3) is 0.480. The highest BCUT2D eigenvalue weighted by atomic mass is 16.6. The molecule has 0 bridgehead atoms. The van der Waals surface area contributed by atoms with Crippen LogP contribution in [0.25, 0.3) is 0 Å². The minimum Gasteiger partial charge on any atom is -0.444 e. The number of hydrogen-bond donors (Lipinski definition) is 1. The summed E-state index contributed by atoms with van der Waals surface area (Å²) >= 11 is 0. The standard InChI is InChI=1S/C25H32N6O2/c1-25(2,3)33-24(32)28-20-10-7-13-30(16-20)21-11-12-27-23-22(21)31(17-29(23)4)15-19-9-6-5-8-18(19)14-26/h5-6,8-9,11-12,20H,7,10,13,15-17H2,1-4H3,(H,28,32). The second-order valence-electron chi connectivity index (χ2n) is 9.74. The summed E-state index contributed by atoms with van der Waals surface area (Å²) in [6.07, 6.45) is 3.37. The van der Waals surface area contributed by atoms with E-state index in [1.807, 2.05) is 58.3 Å². The third-order valence-electron chi connectivity index (χ3n) is 5.93. The molecule has 174 valence electrons. The number of ether oxygens (including phenoxy) is 1. The monoisotopic (exact) mass is 448 g/mol. The maximum Gasteiger partial charge on any atom is 0.407 e. The smallest absolute Gasteiger partial charge is 0.407 e. The van der Waals surface area contributed by atoms with Crippen molar-refractivity contribution in [2.24, 2.45) is 0 Å². The number of anilines is 3. The normalized spacial score (nSPS) is 18.0. The number of carbonyl (C=O) groups is 1. The van der Waals surface area contributed by atoms with Crippen molar-refractivity contribution in [3.63, 3.8) is 0 Å². The Morgan fingerprint density at radius 1 is 1.30 bits per heavy atom. The van der Waals surface area contributed by atoms with Gasteiger partial charge in [0.05, 0.1) is 24.0 Å². The first-order chi connectivity index (χ1) is 15.7. The predicted molar refractivity (Wildman–Crippen MR) is 129 cm³/mol. The van der Waals surface area contributed by atoms with Crippen LogP contribution in [0.3, 0.4) is 0 Å². The lowest BCUT2D eigenvalue weighted by molar-refractivity contribution is 0.0500. The largest absolute Gasteiger partial charge is 0.444 e. The molecule has 0 saturated carbocycles. The summed E-state index contributed by atoms with van der Waals surface area (Å²) in [5, 5.41) is 12.6. The quantitative estimate of drug-likeness (QED) is 0.760. The molecule has 1 amide bonds. The Morgan fingerprint density at radius 3 is 2.85 bits per heavy atom. The van der Waals surface area contributed by atoms with Gasteiger partial charge in [-0.1, -0.05) is 18.2 Å². The van der Waals surface area contributed by atoms with E-state index >= 15 is 0 Å². The number of pyridine rings is 1. The van der Waals surface area contributed by atoms with Gasteiger partial charge in [0, 0.05) is 38.9 Å². The Kier molecular flexibility index (Phi) is 6.32. The first kappa shape index (κ1) is 22.7. The molecular formula is C25H32N6O2. The zero-order valence-electron chi connectivity index (χ0n) is 19.8. The molecule has 3 heterocycles. The second kappa shape index (κ2) is 9.18. The zero-order chi connectivity index (χ0) is 23.6. The summed E-state index contributed by atoms with van der Waals surface area (Å²) in [7, 11) is 2.04. The van der Waals surface area contributed by atoms with Crippen molar-refractivity contribution in [3.05, 3.63) is 47.7 Å². The highest BCUT2D eigenvalue weighted by Gasteiger charge is 2.32. The van der Waals surface area contributed by atoms with E-state index in [-0.39, 0.29) is 12.1 Å². The van der Waals surface area contributed by atoms with E-state index in [0.717, 1.165) is 42.1 Å². The van der Waals surface area contributed by atoms with E-state index in [0.29, 0.717) is 25.3 Å². The Labute approximate surface area is 195 Å². The van der Waals surface area contributed by atoms with Gasteiger partial charge >= 0.3 is 6.09 Å². The lowest BCUT2D eigenvalue weighted by Gasteiger charge is -2.36. The SMILES string of the molecule is CN1CN(Cc2ccccc2C#N)c2c(N3CCCC(NC(=O)OC(C)(C)C)C3)ccnc21. The Bertz CT molecular complexity index is 1060. The van der Waals surface area contributed by atoms with E-state index in [9.17, 15) is 10.1 Å². The molecule has 2 aliphatic rings. The second-order valence-corrected chi connectivity index (χ2v) is 9.74. The number of piperidine rings is 1.